The number of likely N-dealkylation sites (tertiary alicyclic amines) is 1. The second-order valence-corrected chi connectivity index (χ2v) is 6.56. The summed E-state index contributed by atoms with van der Waals surface area (Å²) in [6, 6.07) is 7.43. The summed E-state index contributed by atoms with van der Waals surface area (Å²) in [6.45, 7) is 3.05. The number of benzene rings is 1. The standard InChI is InChI=1S/C18H21ClN2O3/c1-12-20-18(13-2-4-14(19)5-3-13)16(24-12)6-7-17(23)21-10-8-15(22)9-11-21/h2-5,15,22H,6-11H2,1H3. The minimum atomic E-state index is -0.275. The number of amides is 1. The quantitative estimate of drug-likeness (QED) is 0.921. The predicted molar refractivity (Wildman–Crippen MR) is 91.8 cm³/mol. The largest absolute Gasteiger partial charge is 0.445 e. The van der Waals surface area contributed by atoms with Crippen LogP contribution in [-0.2, 0) is 11.2 Å². The van der Waals surface area contributed by atoms with Gasteiger partial charge < -0.3 is 14.4 Å². The summed E-state index contributed by atoms with van der Waals surface area (Å²) in [7, 11) is 0. The zero-order valence-electron chi connectivity index (χ0n) is 13.7. The molecule has 1 aliphatic heterocycles. The smallest absolute Gasteiger partial charge is 0.223 e. The van der Waals surface area contributed by atoms with Gasteiger partial charge in [-0.25, -0.2) is 4.98 Å². The highest BCUT2D eigenvalue weighted by Crippen LogP contribution is 2.26. The number of halogens is 1. The van der Waals surface area contributed by atoms with Gasteiger partial charge in [0.25, 0.3) is 0 Å². The Morgan fingerprint density at radius 2 is 2.00 bits per heavy atom. The van der Waals surface area contributed by atoms with Crippen molar-refractivity contribution in [3.8, 4) is 11.3 Å². The van der Waals surface area contributed by atoms with E-state index in [2.05, 4.69) is 4.98 Å². The molecule has 1 N–H and O–H groups in total. The zero-order chi connectivity index (χ0) is 17.1. The van der Waals surface area contributed by atoms with Crippen LogP contribution in [0.25, 0.3) is 11.3 Å². The van der Waals surface area contributed by atoms with Crippen LogP contribution in [-0.4, -0.2) is 40.1 Å². The van der Waals surface area contributed by atoms with Gasteiger partial charge in [-0.1, -0.05) is 23.7 Å². The predicted octanol–water partition coefficient (Wildman–Crippen LogP) is 3.22. The minimum Gasteiger partial charge on any atom is -0.445 e. The number of aliphatic hydroxyl groups is 1. The molecular formula is C18H21ClN2O3. The fourth-order valence-corrected chi connectivity index (χ4v) is 3.09. The van der Waals surface area contributed by atoms with Crippen molar-refractivity contribution in [2.45, 2.75) is 38.7 Å². The average Bonchev–Trinajstić information content (AvgIpc) is 2.95. The molecule has 1 aromatic carbocycles. The number of nitrogens with zero attached hydrogens (tertiary/aromatic N) is 2. The molecule has 128 valence electrons. The van der Waals surface area contributed by atoms with Crippen molar-refractivity contribution < 1.29 is 14.3 Å². The first-order valence-electron chi connectivity index (χ1n) is 8.21. The number of carbonyl (C=O) groups excluding carboxylic acids is 1. The normalized spacial score (nSPS) is 15.7. The average molecular weight is 349 g/mol. The molecule has 3 rings (SSSR count). The van der Waals surface area contributed by atoms with Crippen molar-refractivity contribution in [2.75, 3.05) is 13.1 Å². The Morgan fingerprint density at radius 3 is 2.67 bits per heavy atom. The van der Waals surface area contributed by atoms with Crippen LogP contribution in [0.4, 0.5) is 0 Å². The first-order valence-corrected chi connectivity index (χ1v) is 8.59. The summed E-state index contributed by atoms with van der Waals surface area (Å²) in [5.41, 5.74) is 1.70. The van der Waals surface area contributed by atoms with E-state index in [1.807, 2.05) is 29.2 Å². The number of piperidine rings is 1. The van der Waals surface area contributed by atoms with Crippen LogP contribution in [0, 0.1) is 6.92 Å². The van der Waals surface area contributed by atoms with E-state index in [4.69, 9.17) is 16.0 Å². The molecule has 1 aliphatic rings. The molecular weight excluding hydrogens is 328 g/mol. The number of hydrogen-bond donors (Lipinski definition) is 1. The molecule has 0 radical (unpaired) electrons. The van der Waals surface area contributed by atoms with E-state index in [-0.39, 0.29) is 12.0 Å². The third kappa shape index (κ3) is 3.97. The minimum absolute atomic E-state index is 0.0954. The second-order valence-electron chi connectivity index (χ2n) is 6.12. The number of hydrogen-bond acceptors (Lipinski definition) is 4. The van der Waals surface area contributed by atoms with E-state index in [9.17, 15) is 9.90 Å². The monoisotopic (exact) mass is 348 g/mol. The highest BCUT2D eigenvalue weighted by atomic mass is 35.5. The Balaban J connectivity index is 1.67. The second kappa shape index (κ2) is 7.36. The van der Waals surface area contributed by atoms with Crippen LogP contribution in [0.1, 0.15) is 30.9 Å². The maximum absolute atomic E-state index is 12.3. The Labute approximate surface area is 146 Å². The Bertz CT molecular complexity index is 704. The number of rotatable bonds is 4. The van der Waals surface area contributed by atoms with Crippen LogP contribution < -0.4 is 0 Å². The fraction of sp³-hybridized carbons (Fsp3) is 0.444. The van der Waals surface area contributed by atoms with Crippen molar-refractivity contribution in [2.24, 2.45) is 0 Å². The van der Waals surface area contributed by atoms with Crippen LogP contribution in [0.2, 0.25) is 5.02 Å². The van der Waals surface area contributed by atoms with E-state index in [0.717, 1.165) is 17.0 Å². The SMILES string of the molecule is Cc1nc(-c2ccc(Cl)cc2)c(CCC(=O)N2CCC(O)CC2)o1. The summed E-state index contributed by atoms with van der Waals surface area (Å²) in [5.74, 6) is 1.40. The van der Waals surface area contributed by atoms with Gasteiger partial charge in [-0.15, -0.1) is 0 Å². The summed E-state index contributed by atoms with van der Waals surface area (Å²) in [4.78, 5) is 18.6. The van der Waals surface area contributed by atoms with Gasteiger partial charge in [-0.05, 0) is 25.0 Å². The van der Waals surface area contributed by atoms with Crippen molar-refractivity contribution >= 4 is 17.5 Å². The van der Waals surface area contributed by atoms with E-state index >= 15 is 0 Å². The van der Waals surface area contributed by atoms with Crippen LogP contribution in [0.3, 0.4) is 0 Å². The number of aromatic nitrogens is 1. The van der Waals surface area contributed by atoms with Gasteiger partial charge in [-0.2, -0.15) is 0 Å². The molecule has 2 aromatic rings. The van der Waals surface area contributed by atoms with Gasteiger partial charge in [0.2, 0.25) is 5.91 Å². The maximum atomic E-state index is 12.3. The Morgan fingerprint density at radius 1 is 1.33 bits per heavy atom. The van der Waals surface area contributed by atoms with E-state index in [0.29, 0.717) is 49.7 Å². The summed E-state index contributed by atoms with van der Waals surface area (Å²) in [5, 5.41) is 10.2. The molecule has 0 bridgehead atoms. The van der Waals surface area contributed by atoms with Crippen LogP contribution in [0.15, 0.2) is 28.7 Å². The molecule has 0 unspecified atom stereocenters. The summed E-state index contributed by atoms with van der Waals surface area (Å²) >= 11 is 5.93. The molecule has 0 atom stereocenters. The molecule has 6 heteroatoms. The molecule has 24 heavy (non-hydrogen) atoms. The van der Waals surface area contributed by atoms with Crippen molar-refractivity contribution in [1.82, 2.24) is 9.88 Å². The highest BCUT2D eigenvalue weighted by molar-refractivity contribution is 6.30. The van der Waals surface area contributed by atoms with E-state index in [1.165, 1.54) is 0 Å². The molecule has 0 spiro atoms. The van der Waals surface area contributed by atoms with Crippen molar-refractivity contribution in [3.05, 3.63) is 40.9 Å². The number of aryl methyl sites for hydroxylation is 2. The van der Waals surface area contributed by atoms with Crippen molar-refractivity contribution in [3.63, 3.8) is 0 Å². The van der Waals surface area contributed by atoms with Gasteiger partial charge in [-0.3, -0.25) is 4.79 Å². The molecule has 2 heterocycles. The molecule has 1 fully saturated rings. The lowest BCUT2D eigenvalue weighted by atomic mass is 10.1. The maximum Gasteiger partial charge on any atom is 0.223 e. The zero-order valence-corrected chi connectivity index (χ0v) is 14.4. The van der Waals surface area contributed by atoms with Crippen LogP contribution in [0.5, 0.6) is 0 Å². The number of carbonyl (C=O) groups is 1. The van der Waals surface area contributed by atoms with Crippen LogP contribution >= 0.6 is 11.6 Å². The Kier molecular flexibility index (Phi) is 5.21. The first-order chi connectivity index (χ1) is 11.5. The topological polar surface area (TPSA) is 66.6 Å². The summed E-state index contributed by atoms with van der Waals surface area (Å²) < 4.78 is 5.70. The third-order valence-corrected chi connectivity index (χ3v) is 4.56. The lowest BCUT2D eigenvalue weighted by Crippen LogP contribution is -2.40. The van der Waals surface area contributed by atoms with Gasteiger partial charge in [0.15, 0.2) is 5.89 Å². The number of aliphatic hydroxyl groups excluding tert-OH is 1. The fourth-order valence-electron chi connectivity index (χ4n) is 2.97. The van der Waals surface area contributed by atoms with E-state index < -0.39 is 0 Å². The molecule has 1 amide bonds. The lowest BCUT2D eigenvalue weighted by molar-refractivity contribution is -0.133. The number of oxazole rings is 1. The molecule has 1 saturated heterocycles. The van der Waals surface area contributed by atoms with Gasteiger partial charge in [0.05, 0.1) is 6.10 Å². The van der Waals surface area contributed by atoms with E-state index in [1.54, 1.807) is 6.92 Å². The first kappa shape index (κ1) is 17.0. The van der Waals surface area contributed by atoms with Gasteiger partial charge in [0, 0.05) is 43.4 Å². The molecule has 1 aromatic heterocycles. The molecule has 0 saturated carbocycles. The molecule has 0 aliphatic carbocycles. The van der Waals surface area contributed by atoms with Gasteiger partial charge in [0.1, 0.15) is 11.5 Å². The summed E-state index contributed by atoms with van der Waals surface area (Å²) in [6.07, 6.45) is 1.93. The van der Waals surface area contributed by atoms with Crippen molar-refractivity contribution in [1.29, 1.82) is 0 Å². The Hall–Kier alpha value is -1.85. The highest BCUT2D eigenvalue weighted by Gasteiger charge is 2.22. The van der Waals surface area contributed by atoms with Gasteiger partial charge >= 0.3 is 0 Å². The third-order valence-electron chi connectivity index (χ3n) is 4.31. The molecule has 5 nitrogen and oxygen atoms in total. The lowest BCUT2D eigenvalue weighted by Gasteiger charge is -2.29.